The van der Waals surface area contributed by atoms with Crippen molar-refractivity contribution in [1.82, 2.24) is 5.32 Å². The monoisotopic (exact) mass is 293 g/mol. The number of carbonyl (C=O) groups is 1. The van der Waals surface area contributed by atoms with E-state index in [9.17, 15) is 4.79 Å². The fourth-order valence-electron chi connectivity index (χ4n) is 1.94. The Bertz CT molecular complexity index is 534. The number of carbonyl (C=O) groups excluding carboxylic acids is 1. The van der Waals surface area contributed by atoms with Crippen LogP contribution in [0.5, 0.6) is 0 Å². The molecule has 0 aliphatic carbocycles. The maximum atomic E-state index is 11.0. The molecule has 108 valence electrons. The number of fused-ring (bicyclic) bond motifs is 1. The van der Waals surface area contributed by atoms with Gasteiger partial charge in [-0.05, 0) is 19.2 Å². The molecule has 4 nitrogen and oxygen atoms in total. The molecule has 0 fully saturated rings. The van der Waals surface area contributed by atoms with Gasteiger partial charge in [0.1, 0.15) is 11.3 Å². The first-order valence-corrected chi connectivity index (χ1v) is 7.70. The second-order valence-corrected chi connectivity index (χ2v) is 5.58. The van der Waals surface area contributed by atoms with E-state index in [0.29, 0.717) is 6.42 Å². The molecule has 20 heavy (non-hydrogen) atoms. The predicted octanol–water partition coefficient (Wildman–Crippen LogP) is 2.99. The van der Waals surface area contributed by atoms with Crippen LogP contribution in [0.3, 0.4) is 0 Å². The minimum absolute atomic E-state index is 0.144. The van der Waals surface area contributed by atoms with Gasteiger partial charge in [-0.1, -0.05) is 18.2 Å². The average Bonchev–Trinajstić information content (AvgIpc) is 2.90. The van der Waals surface area contributed by atoms with E-state index in [4.69, 9.17) is 4.42 Å². The van der Waals surface area contributed by atoms with Crippen molar-refractivity contribution in [2.45, 2.75) is 12.5 Å². The summed E-state index contributed by atoms with van der Waals surface area (Å²) in [4.78, 5) is 11.0. The molecule has 1 aromatic heterocycles. The standard InChI is InChI=1S/C15H19NO3S/c1-16-12(10-20-8-7-15(17)18-2)14-9-11-5-3-4-6-13(11)19-14/h3-6,9,12,16H,7-8,10H2,1-2H3. The highest BCUT2D eigenvalue weighted by atomic mass is 32.2. The number of rotatable bonds is 7. The summed E-state index contributed by atoms with van der Waals surface area (Å²) in [6, 6.07) is 10.2. The van der Waals surface area contributed by atoms with Crippen LogP contribution in [0.2, 0.25) is 0 Å². The summed E-state index contributed by atoms with van der Waals surface area (Å²) in [5, 5.41) is 4.36. The molecule has 2 aromatic rings. The highest BCUT2D eigenvalue weighted by Gasteiger charge is 2.14. The minimum Gasteiger partial charge on any atom is -0.469 e. The summed E-state index contributed by atoms with van der Waals surface area (Å²) in [7, 11) is 3.33. The summed E-state index contributed by atoms with van der Waals surface area (Å²) in [5.74, 6) is 2.37. The van der Waals surface area contributed by atoms with Gasteiger partial charge in [-0.2, -0.15) is 11.8 Å². The Hall–Kier alpha value is -1.46. The quantitative estimate of drug-likeness (QED) is 0.628. The van der Waals surface area contributed by atoms with E-state index < -0.39 is 0 Å². The van der Waals surface area contributed by atoms with Crippen molar-refractivity contribution < 1.29 is 13.9 Å². The van der Waals surface area contributed by atoms with Crippen molar-refractivity contribution in [3.63, 3.8) is 0 Å². The highest BCUT2D eigenvalue weighted by molar-refractivity contribution is 7.99. The molecular formula is C15H19NO3S. The van der Waals surface area contributed by atoms with E-state index in [1.807, 2.05) is 31.3 Å². The number of para-hydroxylation sites is 1. The van der Waals surface area contributed by atoms with Crippen molar-refractivity contribution >= 4 is 28.7 Å². The van der Waals surface area contributed by atoms with Crippen LogP contribution < -0.4 is 5.32 Å². The molecule has 5 heteroatoms. The fraction of sp³-hybridized carbons (Fsp3) is 0.400. The van der Waals surface area contributed by atoms with Crippen LogP contribution in [-0.2, 0) is 9.53 Å². The number of methoxy groups -OCH3 is 1. The minimum atomic E-state index is -0.165. The molecule has 0 bridgehead atoms. The summed E-state index contributed by atoms with van der Waals surface area (Å²) >= 11 is 1.71. The first-order valence-electron chi connectivity index (χ1n) is 6.55. The normalized spacial score (nSPS) is 12.5. The third kappa shape index (κ3) is 3.77. The second kappa shape index (κ2) is 7.36. The lowest BCUT2D eigenvalue weighted by molar-refractivity contribution is -0.140. The zero-order valence-corrected chi connectivity index (χ0v) is 12.5. The maximum absolute atomic E-state index is 11.0. The SMILES string of the molecule is CNC(CSCCC(=O)OC)c1cc2ccccc2o1. The largest absolute Gasteiger partial charge is 0.469 e. The highest BCUT2D eigenvalue weighted by Crippen LogP contribution is 2.26. The Morgan fingerprint density at radius 1 is 1.45 bits per heavy atom. The molecule has 1 aromatic carbocycles. The van der Waals surface area contributed by atoms with E-state index in [1.54, 1.807) is 11.8 Å². The third-order valence-corrected chi connectivity index (χ3v) is 4.16. The summed E-state index contributed by atoms with van der Waals surface area (Å²) in [6.07, 6.45) is 0.442. The fourth-order valence-corrected chi connectivity index (χ4v) is 2.98. The molecule has 0 amide bonds. The van der Waals surface area contributed by atoms with Gasteiger partial charge in [0.25, 0.3) is 0 Å². The van der Waals surface area contributed by atoms with Gasteiger partial charge in [0.05, 0.1) is 19.6 Å². The lowest BCUT2D eigenvalue weighted by Gasteiger charge is -2.12. The number of furan rings is 1. The Morgan fingerprint density at radius 3 is 2.95 bits per heavy atom. The van der Waals surface area contributed by atoms with Crippen molar-refractivity contribution in [3.05, 3.63) is 36.1 Å². The van der Waals surface area contributed by atoms with Gasteiger partial charge in [0.2, 0.25) is 0 Å². The molecule has 1 unspecified atom stereocenters. The van der Waals surface area contributed by atoms with E-state index in [1.165, 1.54) is 7.11 Å². The summed E-state index contributed by atoms with van der Waals surface area (Å²) < 4.78 is 10.5. The van der Waals surface area contributed by atoms with Crippen LogP contribution in [0.25, 0.3) is 11.0 Å². The molecule has 0 saturated heterocycles. The Morgan fingerprint density at radius 2 is 2.25 bits per heavy atom. The number of hydrogen-bond donors (Lipinski definition) is 1. The number of esters is 1. The lowest BCUT2D eigenvalue weighted by atomic mass is 10.2. The third-order valence-electron chi connectivity index (χ3n) is 3.10. The van der Waals surface area contributed by atoms with Crippen LogP contribution in [-0.4, -0.2) is 31.6 Å². The van der Waals surface area contributed by atoms with Gasteiger partial charge >= 0.3 is 5.97 Å². The molecule has 0 spiro atoms. The second-order valence-electron chi connectivity index (χ2n) is 4.43. The van der Waals surface area contributed by atoms with E-state index >= 15 is 0 Å². The van der Waals surface area contributed by atoms with Gasteiger partial charge in [0.15, 0.2) is 0 Å². The van der Waals surface area contributed by atoms with Crippen LogP contribution in [0, 0.1) is 0 Å². The smallest absolute Gasteiger partial charge is 0.306 e. The zero-order chi connectivity index (χ0) is 14.4. The topological polar surface area (TPSA) is 51.5 Å². The Kier molecular flexibility index (Phi) is 5.49. The number of hydrogen-bond acceptors (Lipinski definition) is 5. The number of benzene rings is 1. The van der Waals surface area contributed by atoms with Crippen molar-refractivity contribution in [2.24, 2.45) is 0 Å². The van der Waals surface area contributed by atoms with Gasteiger partial charge in [-0.25, -0.2) is 0 Å². The van der Waals surface area contributed by atoms with Crippen molar-refractivity contribution in [1.29, 1.82) is 0 Å². The molecule has 0 aliphatic rings. The van der Waals surface area contributed by atoms with Gasteiger partial charge in [0, 0.05) is 16.9 Å². The van der Waals surface area contributed by atoms with E-state index in [2.05, 4.69) is 16.1 Å². The summed E-state index contributed by atoms with van der Waals surface area (Å²) in [5.41, 5.74) is 0.905. The van der Waals surface area contributed by atoms with E-state index in [-0.39, 0.29) is 12.0 Å². The van der Waals surface area contributed by atoms with Crippen molar-refractivity contribution in [3.8, 4) is 0 Å². The Balaban J connectivity index is 1.92. The number of ether oxygens (including phenoxy) is 1. The molecule has 0 aliphatic heterocycles. The molecular weight excluding hydrogens is 274 g/mol. The van der Waals surface area contributed by atoms with Crippen LogP contribution in [0.15, 0.2) is 34.7 Å². The molecule has 0 saturated carbocycles. The first kappa shape index (κ1) is 14.9. The zero-order valence-electron chi connectivity index (χ0n) is 11.7. The maximum Gasteiger partial charge on any atom is 0.306 e. The predicted molar refractivity (Wildman–Crippen MR) is 82.0 cm³/mol. The molecule has 2 rings (SSSR count). The Labute approximate surface area is 122 Å². The first-order chi connectivity index (χ1) is 9.74. The lowest BCUT2D eigenvalue weighted by Crippen LogP contribution is -2.18. The molecule has 1 heterocycles. The molecule has 0 radical (unpaired) electrons. The number of nitrogens with one attached hydrogen (secondary N) is 1. The van der Waals surface area contributed by atoms with Crippen LogP contribution in [0.1, 0.15) is 18.2 Å². The number of thioether (sulfide) groups is 1. The average molecular weight is 293 g/mol. The van der Waals surface area contributed by atoms with E-state index in [0.717, 1.165) is 28.2 Å². The summed E-state index contributed by atoms with van der Waals surface area (Å²) in [6.45, 7) is 0. The van der Waals surface area contributed by atoms with Crippen LogP contribution >= 0.6 is 11.8 Å². The molecule has 1 N–H and O–H groups in total. The van der Waals surface area contributed by atoms with Crippen molar-refractivity contribution in [2.75, 3.05) is 25.7 Å². The van der Waals surface area contributed by atoms with Gasteiger partial charge in [-0.3, -0.25) is 4.79 Å². The molecule has 1 atom stereocenters. The van der Waals surface area contributed by atoms with Crippen LogP contribution in [0.4, 0.5) is 0 Å². The van der Waals surface area contributed by atoms with Gasteiger partial charge in [-0.15, -0.1) is 0 Å². The van der Waals surface area contributed by atoms with Gasteiger partial charge < -0.3 is 14.5 Å².